The van der Waals surface area contributed by atoms with Crippen LogP contribution >= 0.6 is 11.3 Å². The largest absolute Gasteiger partial charge is 0.493 e. The molecule has 6 nitrogen and oxygen atoms in total. The number of rotatable bonds is 10. The number of hydrogen-bond acceptors (Lipinski definition) is 5. The number of hydrogen-bond donors (Lipinski definition) is 2. The minimum Gasteiger partial charge on any atom is -0.493 e. The monoisotopic (exact) mass is 573 g/mol. The van der Waals surface area contributed by atoms with Crippen molar-refractivity contribution in [3.05, 3.63) is 51.3 Å². The van der Waals surface area contributed by atoms with Gasteiger partial charge in [-0.05, 0) is 95.0 Å². The smallest absolute Gasteiger partial charge is 0.391 e. The molecule has 0 radical (unpaired) electrons. The van der Waals surface area contributed by atoms with Crippen LogP contribution in [0.2, 0.25) is 0 Å². The number of ether oxygens (including phenoxy) is 1. The average molecular weight is 574 g/mol. The van der Waals surface area contributed by atoms with Crippen LogP contribution in [-0.4, -0.2) is 72.3 Å². The number of piperidine rings is 2. The van der Waals surface area contributed by atoms with Crippen LogP contribution in [0.1, 0.15) is 59.5 Å². The van der Waals surface area contributed by atoms with Gasteiger partial charge in [-0.2, -0.15) is 13.2 Å². The highest BCUT2D eigenvalue weighted by Crippen LogP contribution is 2.35. The van der Waals surface area contributed by atoms with Crippen LogP contribution in [0, 0.1) is 18.3 Å². The van der Waals surface area contributed by atoms with E-state index in [-0.39, 0.29) is 12.8 Å². The second-order valence-corrected chi connectivity index (χ2v) is 12.1. The second-order valence-electron chi connectivity index (χ2n) is 11.0. The molecule has 0 aliphatic carbocycles. The third-order valence-electron chi connectivity index (χ3n) is 7.99. The van der Waals surface area contributed by atoms with Gasteiger partial charge in [0.25, 0.3) is 0 Å². The van der Waals surface area contributed by atoms with Crippen LogP contribution in [0.4, 0.5) is 13.2 Å². The van der Waals surface area contributed by atoms with Crippen molar-refractivity contribution in [3.8, 4) is 5.75 Å². The first-order valence-electron chi connectivity index (χ1n) is 14.2. The molecule has 0 saturated carbocycles. The van der Waals surface area contributed by atoms with Gasteiger partial charge in [0.15, 0.2) is 0 Å². The predicted molar refractivity (Wildman–Crippen MR) is 156 cm³/mol. The van der Waals surface area contributed by atoms with Crippen molar-refractivity contribution in [2.45, 2.75) is 58.2 Å². The summed E-state index contributed by atoms with van der Waals surface area (Å²) in [4.78, 5) is 14.5. The summed E-state index contributed by atoms with van der Waals surface area (Å²) in [6.07, 6.45) is 2.21. The quantitative estimate of drug-likeness (QED) is 0.156. The molecule has 2 saturated heterocycles. The third-order valence-corrected chi connectivity index (χ3v) is 9.22. The van der Waals surface area contributed by atoms with Crippen molar-refractivity contribution in [3.63, 3.8) is 0 Å². The van der Waals surface area contributed by atoms with E-state index in [0.717, 1.165) is 57.0 Å². The first-order valence-corrected chi connectivity index (χ1v) is 15.1. The van der Waals surface area contributed by atoms with Crippen LogP contribution in [0.5, 0.6) is 5.75 Å². The molecular formula is C30H38F3N5OS. The Morgan fingerprint density at radius 3 is 2.60 bits per heavy atom. The lowest BCUT2D eigenvalue weighted by Gasteiger charge is -2.32. The van der Waals surface area contributed by atoms with E-state index < -0.39 is 12.1 Å². The summed E-state index contributed by atoms with van der Waals surface area (Å²) < 4.78 is 45.2. The Bertz CT molecular complexity index is 1320. The highest BCUT2D eigenvalue weighted by atomic mass is 32.1. The van der Waals surface area contributed by atoms with Gasteiger partial charge >= 0.3 is 6.18 Å². The molecule has 5 rings (SSSR count). The molecule has 0 bridgehead atoms. The molecule has 0 atom stereocenters. The molecule has 2 N–H and O–H groups in total. The zero-order valence-electron chi connectivity index (χ0n) is 23.0. The summed E-state index contributed by atoms with van der Waals surface area (Å²) in [6, 6.07) is 10.2. The van der Waals surface area contributed by atoms with Gasteiger partial charge in [0.2, 0.25) is 0 Å². The van der Waals surface area contributed by atoms with Crippen LogP contribution in [0.15, 0.2) is 35.3 Å². The fourth-order valence-electron chi connectivity index (χ4n) is 5.80. The number of thiophene rings is 1. The van der Waals surface area contributed by atoms with Gasteiger partial charge < -0.3 is 14.6 Å². The third kappa shape index (κ3) is 7.14. The molecule has 2 aliphatic rings. The SMILES string of the molecule is Cc1cc(CN2CCC(C(F)(F)F)CC2)sc1C(=NC=N)c1cc2ccc(OCCCN3CCCCC3)cc2[nH]1. The van der Waals surface area contributed by atoms with Crippen molar-refractivity contribution < 1.29 is 17.9 Å². The van der Waals surface area contributed by atoms with E-state index >= 15 is 0 Å². The van der Waals surface area contributed by atoms with Crippen LogP contribution < -0.4 is 4.74 Å². The number of nitrogens with one attached hydrogen (secondary N) is 2. The van der Waals surface area contributed by atoms with Gasteiger partial charge in [0.1, 0.15) is 17.8 Å². The number of aromatic amines is 1. The first kappa shape index (κ1) is 28.8. The molecule has 4 heterocycles. The summed E-state index contributed by atoms with van der Waals surface area (Å²) in [6.45, 7) is 7.69. The van der Waals surface area contributed by atoms with Gasteiger partial charge in [-0.1, -0.05) is 6.42 Å². The van der Waals surface area contributed by atoms with Crippen molar-refractivity contribution in [1.29, 1.82) is 5.41 Å². The minimum atomic E-state index is -4.10. The lowest BCUT2D eigenvalue weighted by atomic mass is 9.96. The Morgan fingerprint density at radius 2 is 1.88 bits per heavy atom. The van der Waals surface area contributed by atoms with Crippen LogP contribution in [0.3, 0.4) is 0 Å². The topological polar surface area (TPSA) is 67.7 Å². The number of alkyl halides is 3. The standard InChI is InChI=1S/C30H38F3N5OS/c1-21-16-25(19-38-13-8-23(9-14-38)30(31,32)33)40-29(21)28(35-20-34)27-17-22-6-7-24(18-26(22)36-27)39-15-5-12-37-10-3-2-4-11-37/h6-7,16-18,20,23,34,36H,2-5,8-15,19H2,1H3. The molecule has 0 unspecified atom stereocenters. The Morgan fingerprint density at radius 1 is 1.10 bits per heavy atom. The Hall–Kier alpha value is -2.69. The number of aryl methyl sites for hydroxylation is 1. The van der Waals surface area contributed by atoms with E-state index in [1.54, 1.807) is 11.3 Å². The number of aromatic nitrogens is 1. The number of aliphatic imine (C=N–C) groups is 1. The minimum absolute atomic E-state index is 0.153. The molecule has 10 heteroatoms. The molecule has 2 aromatic heterocycles. The van der Waals surface area contributed by atoms with Crippen molar-refractivity contribution in [1.82, 2.24) is 14.8 Å². The fraction of sp³-hybridized carbons (Fsp3) is 0.533. The van der Waals surface area contributed by atoms with Crippen LogP contribution in [0.25, 0.3) is 10.9 Å². The highest BCUT2D eigenvalue weighted by Gasteiger charge is 2.41. The summed E-state index contributed by atoms with van der Waals surface area (Å²) in [5.41, 5.74) is 3.51. The number of halogens is 3. The summed E-state index contributed by atoms with van der Waals surface area (Å²) in [5.74, 6) is -0.364. The lowest BCUT2D eigenvalue weighted by Crippen LogP contribution is -2.38. The normalized spacial score (nSPS) is 18.4. The van der Waals surface area contributed by atoms with E-state index in [1.165, 1.54) is 32.4 Å². The number of fused-ring (bicyclic) bond motifs is 1. The highest BCUT2D eigenvalue weighted by molar-refractivity contribution is 7.14. The van der Waals surface area contributed by atoms with E-state index in [4.69, 9.17) is 10.1 Å². The first-order chi connectivity index (χ1) is 19.3. The molecule has 216 valence electrons. The molecule has 3 aromatic rings. The fourth-order valence-corrected chi connectivity index (χ4v) is 7.02. The molecule has 40 heavy (non-hydrogen) atoms. The molecule has 0 amide bonds. The van der Waals surface area contributed by atoms with Gasteiger partial charge in [0, 0.05) is 34.9 Å². The van der Waals surface area contributed by atoms with E-state index in [1.807, 2.05) is 31.2 Å². The summed E-state index contributed by atoms with van der Waals surface area (Å²) >= 11 is 1.59. The van der Waals surface area contributed by atoms with Gasteiger partial charge in [0.05, 0.1) is 23.1 Å². The average Bonchev–Trinajstić information content (AvgIpc) is 3.52. The maximum Gasteiger partial charge on any atom is 0.391 e. The van der Waals surface area contributed by atoms with Gasteiger partial charge in [-0.3, -0.25) is 10.3 Å². The van der Waals surface area contributed by atoms with E-state index in [9.17, 15) is 13.2 Å². The maximum absolute atomic E-state index is 13.0. The zero-order valence-corrected chi connectivity index (χ0v) is 23.8. The van der Waals surface area contributed by atoms with Crippen molar-refractivity contribution in [2.75, 3.05) is 39.3 Å². The molecule has 1 aromatic carbocycles. The second kappa shape index (κ2) is 12.9. The molecule has 2 aliphatic heterocycles. The number of likely N-dealkylation sites (tertiary alicyclic amines) is 2. The number of benzene rings is 1. The van der Waals surface area contributed by atoms with Gasteiger partial charge in [-0.15, -0.1) is 11.3 Å². The van der Waals surface area contributed by atoms with Gasteiger partial charge in [-0.25, -0.2) is 4.99 Å². The lowest BCUT2D eigenvalue weighted by molar-refractivity contribution is -0.185. The molecular weight excluding hydrogens is 535 g/mol. The van der Waals surface area contributed by atoms with E-state index in [0.29, 0.717) is 32.0 Å². The van der Waals surface area contributed by atoms with Crippen LogP contribution in [-0.2, 0) is 6.54 Å². The zero-order chi connectivity index (χ0) is 28.1. The number of nitrogens with zero attached hydrogens (tertiary/aromatic N) is 3. The maximum atomic E-state index is 13.0. The summed E-state index contributed by atoms with van der Waals surface area (Å²) in [7, 11) is 0. The van der Waals surface area contributed by atoms with E-state index in [2.05, 4.69) is 25.8 Å². The predicted octanol–water partition coefficient (Wildman–Crippen LogP) is 7.01. The molecule has 0 spiro atoms. The number of H-pyrrole nitrogens is 1. The van der Waals surface area contributed by atoms with Crippen molar-refractivity contribution in [2.24, 2.45) is 10.9 Å². The Kier molecular flexibility index (Phi) is 9.27. The van der Waals surface area contributed by atoms with Crippen molar-refractivity contribution >= 4 is 34.3 Å². The Balaban J connectivity index is 1.23. The molecule has 2 fully saturated rings. The Labute approximate surface area is 237 Å². The summed E-state index contributed by atoms with van der Waals surface area (Å²) in [5, 5.41) is 8.71.